The van der Waals surface area contributed by atoms with Crippen LogP contribution >= 0.6 is 0 Å². The molecule has 1 rings (SSSR count). The lowest BCUT2D eigenvalue weighted by atomic mass is 10.2. The Morgan fingerprint density at radius 3 is 3.00 bits per heavy atom. The van der Waals surface area contributed by atoms with Gasteiger partial charge in [0.15, 0.2) is 0 Å². The third-order valence-electron chi connectivity index (χ3n) is 1.71. The summed E-state index contributed by atoms with van der Waals surface area (Å²) in [5, 5.41) is 11.2. The molecule has 0 aliphatic carbocycles. The minimum atomic E-state index is -0.250. The number of aromatic nitrogens is 1. The van der Waals surface area contributed by atoms with Gasteiger partial charge in [-0.3, -0.25) is 5.32 Å². The second kappa shape index (κ2) is 5.73. The van der Waals surface area contributed by atoms with Crippen LogP contribution in [0, 0.1) is 11.8 Å². The first-order chi connectivity index (χ1) is 7.63. The number of aliphatic hydroxyl groups is 1. The van der Waals surface area contributed by atoms with Crippen molar-refractivity contribution in [3.63, 3.8) is 0 Å². The van der Waals surface area contributed by atoms with Crippen LogP contribution in [0.1, 0.15) is 5.56 Å². The molecule has 5 heteroatoms. The number of anilines is 1. The molecule has 84 valence electrons. The molecule has 2 amide bonds. The van der Waals surface area contributed by atoms with Crippen molar-refractivity contribution >= 4 is 11.8 Å². The predicted octanol–water partition coefficient (Wildman–Crippen LogP) is 0.519. The van der Waals surface area contributed by atoms with Gasteiger partial charge in [0.2, 0.25) is 0 Å². The summed E-state index contributed by atoms with van der Waals surface area (Å²) in [6.45, 7) is -0.193. The first-order valence-electron chi connectivity index (χ1n) is 4.67. The van der Waals surface area contributed by atoms with Gasteiger partial charge in [-0.15, -0.1) is 0 Å². The van der Waals surface area contributed by atoms with Gasteiger partial charge in [-0.2, -0.15) is 0 Å². The van der Waals surface area contributed by atoms with Crippen molar-refractivity contribution in [3.05, 3.63) is 23.9 Å². The first kappa shape index (κ1) is 12.0. The van der Waals surface area contributed by atoms with E-state index >= 15 is 0 Å². The SMILES string of the molecule is CN(C)C(=O)Nc1cc(C#CCO)ccn1. The first-order valence-corrected chi connectivity index (χ1v) is 4.67. The van der Waals surface area contributed by atoms with Crippen LogP contribution in [-0.4, -0.2) is 41.7 Å². The zero-order chi connectivity index (χ0) is 12.0. The van der Waals surface area contributed by atoms with E-state index in [9.17, 15) is 4.79 Å². The van der Waals surface area contributed by atoms with Crippen molar-refractivity contribution in [1.29, 1.82) is 0 Å². The van der Waals surface area contributed by atoms with Gasteiger partial charge < -0.3 is 10.0 Å². The van der Waals surface area contributed by atoms with Crippen LogP contribution in [0.3, 0.4) is 0 Å². The number of pyridine rings is 1. The summed E-state index contributed by atoms with van der Waals surface area (Å²) in [7, 11) is 3.29. The van der Waals surface area contributed by atoms with Crippen LogP contribution in [0.15, 0.2) is 18.3 Å². The Labute approximate surface area is 94.1 Å². The number of hydrogen-bond donors (Lipinski definition) is 2. The number of rotatable bonds is 1. The van der Waals surface area contributed by atoms with E-state index in [2.05, 4.69) is 22.1 Å². The average Bonchev–Trinajstić information content (AvgIpc) is 2.26. The second-order valence-electron chi connectivity index (χ2n) is 3.21. The zero-order valence-electron chi connectivity index (χ0n) is 9.19. The summed E-state index contributed by atoms with van der Waals surface area (Å²) in [5.41, 5.74) is 0.693. The van der Waals surface area contributed by atoms with Crippen molar-refractivity contribution in [1.82, 2.24) is 9.88 Å². The van der Waals surface area contributed by atoms with Crippen molar-refractivity contribution in [3.8, 4) is 11.8 Å². The molecule has 0 saturated carbocycles. The minimum absolute atomic E-state index is 0.193. The van der Waals surface area contributed by atoms with Gasteiger partial charge in [0.25, 0.3) is 0 Å². The molecule has 0 aliphatic rings. The largest absolute Gasteiger partial charge is 0.384 e. The lowest BCUT2D eigenvalue weighted by molar-refractivity contribution is 0.230. The highest BCUT2D eigenvalue weighted by Gasteiger charge is 2.04. The summed E-state index contributed by atoms with van der Waals surface area (Å²) in [6, 6.07) is 3.10. The fourth-order valence-electron chi connectivity index (χ4n) is 0.940. The van der Waals surface area contributed by atoms with E-state index in [-0.39, 0.29) is 12.6 Å². The van der Waals surface area contributed by atoms with E-state index in [0.29, 0.717) is 11.4 Å². The predicted molar refractivity (Wildman–Crippen MR) is 60.9 cm³/mol. The van der Waals surface area contributed by atoms with Crippen LogP contribution in [0.2, 0.25) is 0 Å². The van der Waals surface area contributed by atoms with E-state index in [1.807, 2.05) is 0 Å². The summed E-state index contributed by atoms with van der Waals surface area (Å²) in [6.07, 6.45) is 1.55. The van der Waals surface area contributed by atoms with Crippen LogP contribution in [-0.2, 0) is 0 Å². The van der Waals surface area contributed by atoms with Gasteiger partial charge in [0, 0.05) is 25.9 Å². The Bertz CT molecular complexity index is 432. The normalized spacial score (nSPS) is 8.94. The molecular formula is C11H13N3O2. The van der Waals surface area contributed by atoms with Gasteiger partial charge in [0.05, 0.1) is 0 Å². The minimum Gasteiger partial charge on any atom is -0.384 e. The number of hydrogen-bond acceptors (Lipinski definition) is 3. The van der Waals surface area contributed by atoms with Gasteiger partial charge >= 0.3 is 6.03 Å². The molecule has 0 saturated heterocycles. The van der Waals surface area contributed by atoms with Crippen LogP contribution in [0.4, 0.5) is 10.6 Å². The highest BCUT2D eigenvalue weighted by Crippen LogP contribution is 2.05. The Morgan fingerprint density at radius 1 is 1.62 bits per heavy atom. The van der Waals surface area contributed by atoms with Gasteiger partial charge in [-0.25, -0.2) is 9.78 Å². The molecule has 2 N–H and O–H groups in total. The maximum atomic E-state index is 11.3. The standard InChI is InChI=1S/C11H13N3O2/c1-14(2)11(16)13-10-8-9(4-3-7-15)5-6-12-10/h5-6,8,15H,7H2,1-2H3,(H,12,13,16). The van der Waals surface area contributed by atoms with Crippen LogP contribution in [0.5, 0.6) is 0 Å². The second-order valence-corrected chi connectivity index (χ2v) is 3.21. The highest BCUT2D eigenvalue weighted by molar-refractivity contribution is 5.87. The molecular weight excluding hydrogens is 206 g/mol. The van der Waals surface area contributed by atoms with Gasteiger partial charge in [0.1, 0.15) is 12.4 Å². The summed E-state index contributed by atoms with van der Waals surface area (Å²) in [5.74, 6) is 5.69. The van der Waals surface area contributed by atoms with Crippen LogP contribution in [0.25, 0.3) is 0 Å². The maximum Gasteiger partial charge on any atom is 0.322 e. The summed E-state index contributed by atoms with van der Waals surface area (Å²) < 4.78 is 0. The molecule has 1 aromatic heterocycles. The highest BCUT2D eigenvalue weighted by atomic mass is 16.2. The molecule has 0 bridgehead atoms. The number of carbonyl (C=O) groups is 1. The molecule has 1 aromatic rings. The average molecular weight is 219 g/mol. The third-order valence-corrected chi connectivity index (χ3v) is 1.71. The molecule has 0 radical (unpaired) electrons. The molecule has 0 aliphatic heterocycles. The molecule has 0 aromatic carbocycles. The Kier molecular flexibility index (Phi) is 4.30. The van der Waals surface area contributed by atoms with Gasteiger partial charge in [-0.05, 0) is 12.1 Å². The Balaban J connectivity index is 2.78. The number of urea groups is 1. The van der Waals surface area contributed by atoms with Crippen molar-refractivity contribution in [2.24, 2.45) is 0 Å². The fourth-order valence-corrected chi connectivity index (χ4v) is 0.940. The lowest BCUT2D eigenvalue weighted by Gasteiger charge is -2.11. The van der Waals surface area contributed by atoms with E-state index in [1.165, 1.54) is 4.90 Å². The van der Waals surface area contributed by atoms with E-state index in [4.69, 9.17) is 5.11 Å². The van der Waals surface area contributed by atoms with E-state index < -0.39 is 0 Å². The molecule has 5 nitrogen and oxygen atoms in total. The molecule has 0 atom stereocenters. The van der Waals surface area contributed by atoms with Crippen LogP contribution < -0.4 is 5.32 Å². The maximum absolute atomic E-state index is 11.3. The number of carbonyl (C=O) groups excluding carboxylic acids is 1. The summed E-state index contributed by atoms with van der Waals surface area (Å²) in [4.78, 5) is 16.7. The number of nitrogens with zero attached hydrogens (tertiary/aromatic N) is 2. The van der Waals surface area contributed by atoms with Crippen molar-refractivity contribution in [2.75, 3.05) is 26.0 Å². The smallest absolute Gasteiger partial charge is 0.322 e. The van der Waals surface area contributed by atoms with Gasteiger partial charge in [-0.1, -0.05) is 11.8 Å². The third kappa shape index (κ3) is 3.59. The van der Waals surface area contributed by atoms with E-state index in [0.717, 1.165) is 0 Å². The lowest BCUT2D eigenvalue weighted by Crippen LogP contribution is -2.27. The number of aliphatic hydroxyl groups excluding tert-OH is 1. The topological polar surface area (TPSA) is 65.5 Å². The zero-order valence-corrected chi connectivity index (χ0v) is 9.19. The molecule has 16 heavy (non-hydrogen) atoms. The van der Waals surface area contributed by atoms with E-state index in [1.54, 1.807) is 32.4 Å². The Morgan fingerprint density at radius 2 is 2.38 bits per heavy atom. The van der Waals surface area contributed by atoms with Crippen molar-refractivity contribution in [2.45, 2.75) is 0 Å². The Hall–Kier alpha value is -2.06. The monoisotopic (exact) mass is 219 g/mol. The number of amides is 2. The molecule has 0 spiro atoms. The summed E-state index contributed by atoms with van der Waals surface area (Å²) >= 11 is 0. The fraction of sp³-hybridized carbons (Fsp3) is 0.273. The molecule has 0 fully saturated rings. The van der Waals surface area contributed by atoms with Crippen molar-refractivity contribution < 1.29 is 9.90 Å². The molecule has 1 heterocycles. The number of nitrogens with one attached hydrogen (secondary N) is 1. The quantitative estimate of drug-likeness (QED) is 0.677. The molecule has 0 unspecified atom stereocenters.